The first-order chi connectivity index (χ1) is 5.66. The fraction of sp³-hybridized carbons (Fsp3) is 0.250. The van der Waals surface area contributed by atoms with Gasteiger partial charge in [-0.1, -0.05) is 0 Å². The Bertz CT molecular complexity index is 289. The number of ether oxygens (including phenoxy) is 1. The molecule has 0 amide bonds. The molecule has 0 saturated heterocycles. The van der Waals surface area contributed by atoms with Crippen molar-refractivity contribution in [3.05, 3.63) is 22.4 Å². The molecule has 1 rings (SSSR count). The van der Waals surface area contributed by atoms with Gasteiger partial charge in [0.1, 0.15) is 0 Å². The van der Waals surface area contributed by atoms with E-state index in [1.165, 1.54) is 12.1 Å². The molecule has 0 unspecified atom stereocenters. The molecule has 0 aliphatic heterocycles. The van der Waals surface area contributed by atoms with Crippen molar-refractivity contribution >= 4 is 15.9 Å². The van der Waals surface area contributed by atoms with Crippen LogP contribution in [0.4, 0.5) is 4.39 Å². The van der Waals surface area contributed by atoms with E-state index in [0.29, 0.717) is 11.1 Å². The van der Waals surface area contributed by atoms with E-state index in [1.807, 2.05) is 0 Å². The molecule has 0 heterocycles. The van der Waals surface area contributed by atoms with E-state index >= 15 is 0 Å². The third-order valence-electron chi connectivity index (χ3n) is 1.33. The van der Waals surface area contributed by atoms with E-state index in [2.05, 4.69) is 15.9 Å². The Kier molecular flexibility index (Phi) is 2.92. The average Bonchev–Trinajstić information content (AvgIpc) is 2.07. The molecule has 1 aromatic rings. The van der Waals surface area contributed by atoms with Crippen molar-refractivity contribution in [2.24, 2.45) is 0 Å². The minimum Gasteiger partial charge on any atom is -0.504 e. The predicted octanol–water partition coefficient (Wildman–Crippen LogP) is 2.69. The molecule has 0 aliphatic carbocycles. The summed E-state index contributed by atoms with van der Waals surface area (Å²) in [6, 6.07) is 2.99. The van der Waals surface area contributed by atoms with E-state index in [1.54, 1.807) is 6.92 Å². The fourth-order valence-electron chi connectivity index (χ4n) is 0.789. The average molecular weight is 235 g/mol. The van der Waals surface area contributed by atoms with Crippen LogP contribution in [0.3, 0.4) is 0 Å². The molecule has 0 aliphatic rings. The van der Waals surface area contributed by atoms with Gasteiger partial charge >= 0.3 is 0 Å². The SMILES string of the molecule is CCOc1ccc(Br)c(O)c1F. The van der Waals surface area contributed by atoms with E-state index in [4.69, 9.17) is 9.84 Å². The maximum atomic E-state index is 13.0. The van der Waals surface area contributed by atoms with Gasteiger partial charge in [0.2, 0.25) is 5.82 Å². The Morgan fingerprint density at radius 1 is 1.58 bits per heavy atom. The first-order valence-electron chi connectivity index (χ1n) is 3.46. The molecule has 0 radical (unpaired) electrons. The molecule has 1 aromatic carbocycles. The second kappa shape index (κ2) is 3.76. The zero-order chi connectivity index (χ0) is 9.14. The number of rotatable bonds is 2. The summed E-state index contributed by atoms with van der Waals surface area (Å²) in [5.74, 6) is -1.08. The second-order valence-electron chi connectivity index (χ2n) is 2.14. The van der Waals surface area contributed by atoms with Crippen molar-refractivity contribution in [1.29, 1.82) is 0 Å². The summed E-state index contributed by atoms with van der Waals surface area (Å²) < 4.78 is 18.3. The van der Waals surface area contributed by atoms with E-state index in [-0.39, 0.29) is 5.75 Å². The number of aromatic hydroxyl groups is 1. The smallest absolute Gasteiger partial charge is 0.207 e. The number of halogens is 2. The summed E-state index contributed by atoms with van der Waals surface area (Å²) in [6.07, 6.45) is 0. The van der Waals surface area contributed by atoms with Crippen LogP contribution in [0.5, 0.6) is 11.5 Å². The Labute approximate surface area is 78.1 Å². The van der Waals surface area contributed by atoms with Gasteiger partial charge in [-0.05, 0) is 35.0 Å². The van der Waals surface area contributed by atoms with Crippen LogP contribution in [0.2, 0.25) is 0 Å². The molecule has 66 valence electrons. The van der Waals surface area contributed by atoms with Gasteiger partial charge in [0.25, 0.3) is 0 Å². The van der Waals surface area contributed by atoms with Crippen molar-refractivity contribution in [2.45, 2.75) is 6.92 Å². The second-order valence-corrected chi connectivity index (χ2v) is 3.00. The maximum absolute atomic E-state index is 13.0. The quantitative estimate of drug-likeness (QED) is 0.853. The Morgan fingerprint density at radius 2 is 2.25 bits per heavy atom. The zero-order valence-corrected chi connectivity index (χ0v) is 8.06. The van der Waals surface area contributed by atoms with Crippen LogP contribution < -0.4 is 4.74 Å². The summed E-state index contributed by atoms with van der Waals surface area (Å²) in [5.41, 5.74) is 0. The third-order valence-corrected chi connectivity index (χ3v) is 1.97. The van der Waals surface area contributed by atoms with Crippen LogP contribution in [0.1, 0.15) is 6.92 Å². The van der Waals surface area contributed by atoms with Gasteiger partial charge in [0, 0.05) is 0 Å². The van der Waals surface area contributed by atoms with Gasteiger partial charge in [0.05, 0.1) is 11.1 Å². The van der Waals surface area contributed by atoms with Gasteiger partial charge < -0.3 is 9.84 Å². The van der Waals surface area contributed by atoms with Crippen molar-refractivity contribution in [3.63, 3.8) is 0 Å². The highest BCUT2D eigenvalue weighted by Gasteiger charge is 2.10. The molecule has 4 heteroatoms. The van der Waals surface area contributed by atoms with Crippen LogP contribution in [-0.4, -0.2) is 11.7 Å². The van der Waals surface area contributed by atoms with Gasteiger partial charge in [-0.2, -0.15) is 4.39 Å². The Balaban J connectivity index is 3.08. The molecule has 0 aromatic heterocycles. The Hall–Kier alpha value is -0.770. The van der Waals surface area contributed by atoms with Crippen molar-refractivity contribution < 1.29 is 14.2 Å². The number of hydrogen-bond donors (Lipinski definition) is 1. The molecule has 0 bridgehead atoms. The third kappa shape index (κ3) is 1.69. The van der Waals surface area contributed by atoms with Crippen molar-refractivity contribution in [3.8, 4) is 11.5 Å². The van der Waals surface area contributed by atoms with Crippen LogP contribution in [0.15, 0.2) is 16.6 Å². The first kappa shape index (κ1) is 9.32. The topological polar surface area (TPSA) is 29.5 Å². The molecule has 0 atom stereocenters. The summed E-state index contributed by atoms with van der Waals surface area (Å²) >= 11 is 2.99. The lowest BCUT2D eigenvalue weighted by atomic mass is 10.3. The molecule has 0 fully saturated rings. The van der Waals surface area contributed by atoms with Crippen LogP contribution in [-0.2, 0) is 0 Å². The van der Waals surface area contributed by atoms with E-state index in [9.17, 15) is 4.39 Å². The van der Waals surface area contributed by atoms with Crippen molar-refractivity contribution in [1.82, 2.24) is 0 Å². The Morgan fingerprint density at radius 3 is 2.83 bits per heavy atom. The number of hydrogen-bond acceptors (Lipinski definition) is 2. The van der Waals surface area contributed by atoms with Crippen molar-refractivity contribution in [2.75, 3.05) is 6.61 Å². The van der Waals surface area contributed by atoms with Gasteiger partial charge in [-0.3, -0.25) is 0 Å². The lowest BCUT2D eigenvalue weighted by molar-refractivity contribution is 0.312. The number of benzene rings is 1. The molecule has 0 saturated carbocycles. The number of phenols is 1. The van der Waals surface area contributed by atoms with Gasteiger partial charge in [0.15, 0.2) is 11.5 Å². The van der Waals surface area contributed by atoms with Crippen LogP contribution in [0, 0.1) is 5.82 Å². The van der Waals surface area contributed by atoms with Gasteiger partial charge in [-0.25, -0.2) is 0 Å². The highest BCUT2D eigenvalue weighted by Crippen LogP contribution is 2.32. The van der Waals surface area contributed by atoms with Crippen LogP contribution >= 0.6 is 15.9 Å². The minimum absolute atomic E-state index is 0.0678. The highest BCUT2D eigenvalue weighted by atomic mass is 79.9. The minimum atomic E-state index is -0.730. The highest BCUT2D eigenvalue weighted by molar-refractivity contribution is 9.10. The number of phenolic OH excluding ortho intramolecular Hbond substituents is 1. The molecular formula is C8H8BrFO2. The van der Waals surface area contributed by atoms with E-state index in [0.717, 1.165) is 0 Å². The zero-order valence-electron chi connectivity index (χ0n) is 6.47. The maximum Gasteiger partial charge on any atom is 0.207 e. The van der Waals surface area contributed by atoms with Crippen LogP contribution in [0.25, 0.3) is 0 Å². The molecule has 12 heavy (non-hydrogen) atoms. The fourth-order valence-corrected chi connectivity index (χ4v) is 1.10. The molecule has 1 N–H and O–H groups in total. The largest absolute Gasteiger partial charge is 0.504 e. The monoisotopic (exact) mass is 234 g/mol. The molecular weight excluding hydrogens is 227 g/mol. The van der Waals surface area contributed by atoms with Gasteiger partial charge in [-0.15, -0.1) is 0 Å². The normalized spacial score (nSPS) is 9.92. The van der Waals surface area contributed by atoms with E-state index < -0.39 is 11.6 Å². The lowest BCUT2D eigenvalue weighted by Gasteiger charge is -2.05. The molecule has 2 nitrogen and oxygen atoms in total. The summed E-state index contributed by atoms with van der Waals surface area (Å²) in [6.45, 7) is 2.12. The lowest BCUT2D eigenvalue weighted by Crippen LogP contribution is -1.94. The standard InChI is InChI=1S/C8H8BrFO2/c1-2-12-6-4-3-5(9)8(11)7(6)10/h3-4,11H,2H2,1H3. The predicted molar refractivity (Wildman–Crippen MR) is 46.9 cm³/mol. The summed E-state index contributed by atoms with van der Waals surface area (Å²) in [7, 11) is 0. The summed E-state index contributed by atoms with van der Waals surface area (Å²) in [5, 5.41) is 9.11. The molecule has 0 spiro atoms. The summed E-state index contributed by atoms with van der Waals surface area (Å²) in [4.78, 5) is 0. The first-order valence-corrected chi connectivity index (χ1v) is 4.26.